The summed E-state index contributed by atoms with van der Waals surface area (Å²) in [6, 6.07) is 44.7. The molecule has 228 valence electrons. The summed E-state index contributed by atoms with van der Waals surface area (Å²) in [5.41, 5.74) is 13.8. The van der Waals surface area contributed by atoms with E-state index < -0.39 is 0 Å². The van der Waals surface area contributed by atoms with Crippen molar-refractivity contribution in [2.24, 2.45) is 0 Å². The van der Waals surface area contributed by atoms with Gasteiger partial charge in [-0.3, -0.25) is 4.98 Å². The normalized spacial score (nSPS) is 18.5. The van der Waals surface area contributed by atoms with Crippen molar-refractivity contribution >= 4 is 0 Å². The summed E-state index contributed by atoms with van der Waals surface area (Å²) in [4.78, 5) is 4.41. The molecule has 2 unspecified atom stereocenters. The van der Waals surface area contributed by atoms with E-state index in [4.69, 9.17) is 0 Å². The number of fused-ring (bicyclic) bond motifs is 3. The average Bonchev–Trinajstić information content (AvgIpc) is 3.13. The molecule has 1 aliphatic heterocycles. The van der Waals surface area contributed by atoms with Gasteiger partial charge in [0.05, 0.1) is 11.0 Å². The van der Waals surface area contributed by atoms with Crippen molar-refractivity contribution in [2.45, 2.75) is 64.3 Å². The Morgan fingerprint density at radius 1 is 0.565 bits per heavy atom. The fourth-order valence-corrected chi connectivity index (χ4v) is 8.21. The predicted octanol–water partition coefficient (Wildman–Crippen LogP) is 11.3. The minimum atomic E-state index is 0.0348. The van der Waals surface area contributed by atoms with Crippen LogP contribution in [0.1, 0.15) is 58.9 Å². The maximum atomic E-state index is 4.41. The molecular formula is C44H43N2+. The second-order valence-electron chi connectivity index (χ2n) is 13.0. The summed E-state index contributed by atoms with van der Waals surface area (Å²) in [5, 5.41) is 0. The predicted molar refractivity (Wildman–Crippen MR) is 192 cm³/mol. The van der Waals surface area contributed by atoms with Gasteiger partial charge in [0.25, 0.3) is 0 Å². The molecule has 0 bridgehead atoms. The fraction of sp³-hybridized carbons (Fsp3) is 0.227. The summed E-state index contributed by atoms with van der Waals surface area (Å²) >= 11 is 0. The third-order valence-corrected chi connectivity index (χ3v) is 10.8. The maximum absolute atomic E-state index is 4.41. The molecule has 2 heteroatoms. The number of hydrogen-bond acceptors (Lipinski definition) is 1. The molecule has 0 aliphatic carbocycles. The van der Waals surface area contributed by atoms with Gasteiger partial charge in [0.2, 0.25) is 5.69 Å². The Kier molecular flexibility index (Phi) is 7.90. The highest BCUT2D eigenvalue weighted by molar-refractivity contribution is 5.83. The van der Waals surface area contributed by atoms with Crippen LogP contribution in [0.5, 0.6) is 0 Å². The van der Waals surface area contributed by atoms with Gasteiger partial charge in [0.15, 0.2) is 11.7 Å². The van der Waals surface area contributed by atoms with Crippen LogP contribution >= 0.6 is 0 Å². The maximum Gasteiger partial charge on any atom is 0.213 e. The summed E-state index contributed by atoms with van der Waals surface area (Å²) in [6.07, 6.45) is 10.7. The van der Waals surface area contributed by atoms with Gasteiger partial charge < -0.3 is 0 Å². The van der Waals surface area contributed by atoms with Crippen molar-refractivity contribution in [3.05, 3.63) is 145 Å². The molecule has 0 N–H and O–H groups in total. The topological polar surface area (TPSA) is 16.8 Å². The number of aromatic nitrogens is 2. The number of pyridine rings is 2. The molecule has 2 nitrogen and oxygen atoms in total. The first-order valence-electron chi connectivity index (χ1n) is 16.9. The fourth-order valence-electron chi connectivity index (χ4n) is 8.21. The molecule has 0 fully saturated rings. The smallest absolute Gasteiger partial charge is 0.213 e. The SMILES string of the molecule is CCCC1(CC)[n+]2ccccc2-c2cc(-c3cccc(-c4cc(-c5ccccc5)cc(-c5cccnc5)c4)c3)ccc2C1(C)CC. The van der Waals surface area contributed by atoms with E-state index in [1.54, 1.807) is 0 Å². The van der Waals surface area contributed by atoms with Crippen LogP contribution in [0.2, 0.25) is 0 Å². The van der Waals surface area contributed by atoms with E-state index >= 15 is 0 Å². The van der Waals surface area contributed by atoms with Crippen molar-refractivity contribution in [3.8, 4) is 55.8 Å². The molecule has 0 saturated heterocycles. The quantitative estimate of drug-likeness (QED) is 0.159. The molecule has 2 aromatic heterocycles. The summed E-state index contributed by atoms with van der Waals surface area (Å²) < 4.78 is 2.62. The molecule has 2 atom stereocenters. The Morgan fingerprint density at radius 2 is 1.20 bits per heavy atom. The van der Waals surface area contributed by atoms with Crippen molar-refractivity contribution in [1.82, 2.24) is 4.98 Å². The third kappa shape index (κ3) is 4.88. The minimum Gasteiger partial charge on any atom is -0.264 e. The van der Waals surface area contributed by atoms with Crippen LogP contribution in [0.15, 0.2) is 140 Å². The van der Waals surface area contributed by atoms with Gasteiger partial charge in [0.1, 0.15) is 0 Å². The van der Waals surface area contributed by atoms with Gasteiger partial charge in [-0.25, -0.2) is 0 Å². The molecule has 0 amide bonds. The van der Waals surface area contributed by atoms with Crippen LogP contribution in [0.4, 0.5) is 0 Å². The van der Waals surface area contributed by atoms with E-state index in [1.807, 2.05) is 18.5 Å². The van der Waals surface area contributed by atoms with E-state index in [-0.39, 0.29) is 11.0 Å². The Labute approximate surface area is 274 Å². The first-order chi connectivity index (χ1) is 22.5. The van der Waals surface area contributed by atoms with Crippen LogP contribution < -0.4 is 4.57 Å². The highest BCUT2D eigenvalue weighted by Gasteiger charge is 2.58. The average molecular weight is 600 g/mol. The van der Waals surface area contributed by atoms with Crippen LogP contribution in [-0.4, -0.2) is 4.98 Å². The van der Waals surface area contributed by atoms with Crippen LogP contribution in [0.3, 0.4) is 0 Å². The van der Waals surface area contributed by atoms with Gasteiger partial charge in [-0.15, -0.1) is 0 Å². The molecular weight excluding hydrogens is 556 g/mol. The van der Waals surface area contributed by atoms with Crippen LogP contribution in [0, 0.1) is 0 Å². The summed E-state index contributed by atoms with van der Waals surface area (Å²) in [5.74, 6) is 0. The second kappa shape index (κ2) is 12.2. The lowest BCUT2D eigenvalue weighted by atomic mass is 9.58. The van der Waals surface area contributed by atoms with Crippen LogP contribution in [0.25, 0.3) is 55.8 Å². The Morgan fingerprint density at radius 3 is 1.89 bits per heavy atom. The van der Waals surface area contributed by atoms with Gasteiger partial charge in [0, 0.05) is 42.9 Å². The van der Waals surface area contributed by atoms with Gasteiger partial charge in [-0.2, -0.15) is 4.57 Å². The van der Waals surface area contributed by atoms with Crippen molar-refractivity contribution in [2.75, 3.05) is 0 Å². The zero-order valence-electron chi connectivity index (χ0n) is 27.5. The highest BCUT2D eigenvalue weighted by Crippen LogP contribution is 2.52. The van der Waals surface area contributed by atoms with Crippen molar-refractivity contribution < 1.29 is 4.57 Å². The molecule has 6 aromatic rings. The van der Waals surface area contributed by atoms with Gasteiger partial charge in [-0.05, 0) is 107 Å². The van der Waals surface area contributed by atoms with E-state index in [0.29, 0.717) is 0 Å². The largest absolute Gasteiger partial charge is 0.264 e. The molecule has 0 saturated carbocycles. The lowest BCUT2D eigenvalue weighted by molar-refractivity contribution is -0.770. The molecule has 7 rings (SSSR count). The Hall–Kier alpha value is -4.82. The first kappa shape index (κ1) is 29.9. The second-order valence-corrected chi connectivity index (χ2v) is 13.0. The minimum absolute atomic E-state index is 0.0348. The van der Waals surface area contributed by atoms with Crippen molar-refractivity contribution in [1.29, 1.82) is 0 Å². The molecule has 0 spiro atoms. The Bertz CT molecular complexity index is 1940. The van der Waals surface area contributed by atoms with Crippen molar-refractivity contribution in [3.63, 3.8) is 0 Å². The zero-order chi connectivity index (χ0) is 31.7. The van der Waals surface area contributed by atoms with Gasteiger partial charge >= 0.3 is 0 Å². The summed E-state index contributed by atoms with van der Waals surface area (Å²) in [7, 11) is 0. The first-order valence-corrected chi connectivity index (χ1v) is 16.9. The van der Waals surface area contributed by atoms with E-state index in [1.165, 1.54) is 68.6 Å². The van der Waals surface area contributed by atoms with E-state index in [2.05, 4.69) is 159 Å². The standard InChI is InChI=1S/C44H43N2/c1-5-23-44(7-3)43(4,6-2)41-22-21-35(30-40(41)42-20-11-12-25-46(42)44)33-17-13-18-34(26-33)38-27-37(32-15-9-8-10-16-32)28-39(29-38)36-19-14-24-45-31-36/h8-22,24-31H,5-7,23H2,1-4H3/q+1. The highest BCUT2D eigenvalue weighted by atomic mass is 15.1. The zero-order valence-corrected chi connectivity index (χ0v) is 27.5. The monoisotopic (exact) mass is 599 g/mol. The summed E-state index contributed by atoms with van der Waals surface area (Å²) in [6.45, 7) is 9.59. The van der Waals surface area contributed by atoms with Gasteiger partial charge in [-0.1, -0.05) is 87.5 Å². The number of benzene rings is 4. The molecule has 3 heterocycles. The van der Waals surface area contributed by atoms with E-state index in [9.17, 15) is 0 Å². The van der Waals surface area contributed by atoms with Crippen LogP contribution in [-0.2, 0) is 11.0 Å². The van der Waals surface area contributed by atoms with E-state index in [0.717, 1.165) is 18.4 Å². The molecule has 46 heavy (non-hydrogen) atoms. The third-order valence-electron chi connectivity index (χ3n) is 10.8. The number of rotatable bonds is 8. The number of hydrogen-bond donors (Lipinski definition) is 0. The number of nitrogens with zero attached hydrogens (tertiary/aromatic N) is 2. The molecule has 0 radical (unpaired) electrons. The molecule has 1 aliphatic rings. The molecule has 4 aromatic carbocycles. The Balaban J connectivity index is 1.36. The lowest BCUT2D eigenvalue weighted by Crippen LogP contribution is -2.69. The lowest BCUT2D eigenvalue weighted by Gasteiger charge is -2.48.